The third-order valence-electron chi connectivity index (χ3n) is 5.62. The molecule has 10 heteroatoms. The number of piperidine rings is 1. The van der Waals surface area contributed by atoms with Gasteiger partial charge in [-0.1, -0.05) is 25.7 Å². The summed E-state index contributed by atoms with van der Waals surface area (Å²) in [6.45, 7) is -0.442. The summed E-state index contributed by atoms with van der Waals surface area (Å²) >= 11 is 0. The molecule has 0 bridgehead atoms. The Bertz CT molecular complexity index is 647. The van der Waals surface area contributed by atoms with Crippen molar-refractivity contribution >= 4 is 22.3 Å². The molecular weight excluding hydrogens is 351 g/mol. The van der Waals surface area contributed by atoms with E-state index in [4.69, 9.17) is 0 Å². The zero-order valence-corrected chi connectivity index (χ0v) is 13.6. The molecule has 0 N–H and O–H groups in total. The van der Waals surface area contributed by atoms with E-state index in [0.29, 0.717) is 19.1 Å². The minimum absolute atomic E-state index is 0.174. The van der Waals surface area contributed by atoms with Gasteiger partial charge in [0.2, 0.25) is 0 Å². The van der Waals surface area contributed by atoms with Gasteiger partial charge >= 0.3 is 15.6 Å². The van der Waals surface area contributed by atoms with Gasteiger partial charge in [-0.25, -0.2) is 5.06 Å². The van der Waals surface area contributed by atoms with Gasteiger partial charge in [0.15, 0.2) is 0 Å². The highest BCUT2D eigenvalue weighted by molar-refractivity contribution is 7.87. The number of amides is 1. The molecule has 4 unspecified atom stereocenters. The summed E-state index contributed by atoms with van der Waals surface area (Å²) in [4.78, 5) is 24.3. The molecule has 0 radical (unpaired) electrons. The minimum Gasteiger partial charge on any atom is -0.303 e. The Balaban J connectivity index is 1.94. The molecule has 136 valence electrons. The lowest BCUT2D eigenvalue weighted by molar-refractivity contribution is -0.201. The zero-order valence-electron chi connectivity index (χ0n) is 12.8. The molecule has 1 aliphatic heterocycles. The third-order valence-corrected chi connectivity index (χ3v) is 6.56. The van der Waals surface area contributed by atoms with E-state index in [1.54, 1.807) is 0 Å². The molecule has 6 nitrogen and oxygen atoms in total. The topological polar surface area (TPSA) is 80.8 Å². The van der Waals surface area contributed by atoms with Gasteiger partial charge in [-0.15, -0.1) is 4.28 Å². The second kappa shape index (κ2) is 5.69. The first kappa shape index (κ1) is 17.7. The fourth-order valence-corrected chi connectivity index (χ4v) is 5.18. The van der Waals surface area contributed by atoms with E-state index >= 15 is 0 Å². The van der Waals surface area contributed by atoms with Crippen LogP contribution in [0.4, 0.5) is 13.2 Å². The molecule has 4 atom stereocenters. The second-order valence-corrected chi connectivity index (χ2v) is 8.44. The number of halogens is 3. The van der Waals surface area contributed by atoms with Crippen LogP contribution < -0.4 is 0 Å². The number of aldehydes is 1. The summed E-state index contributed by atoms with van der Waals surface area (Å²) in [5, 5.41) is 0.256. The number of hydroxylamine groups is 2. The molecular formula is C14H18F3NO5S. The maximum atomic E-state index is 12.6. The maximum Gasteiger partial charge on any atom is 0.525 e. The number of hydrogen-bond acceptors (Lipinski definition) is 5. The summed E-state index contributed by atoms with van der Waals surface area (Å²) < 4.78 is 64.3. The van der Waals surface area contributed by atoms with E-state index < -0.39 is 39.4 Å². The average Bonchev–Trinajstić information content (AvgIpc) is 2.51. The number of carbonyl (C=O) groups is 2. The normalized spacial score (nSPS) is 37.0. The fraction of sp³-hybridized carbons (Fsp3) is 0.857. The van der Waals surface area contributed by atoms with Gasteiger partial charge in [-0.2, -0.15) is 21.6 Å². The molecule has 2 saturated carbocycles. The van der Waals surface area contributed by atoms with Crippen molar-refractivity contribution in [1.82, 2.24) is 5.06 Å². The predicted octanol–water partition coefficient (Wildman–Crippen LogP) is 2.01. The highest BCUT2D eigenvalue weighted by atomic mass is 32.2. The second-order valence-electron chi connectivity index (χ2n) is 6.92. The van der Waals surface area contributed by atoms with Gasteiger partial charge in [-0.05, 0) is 24.7 Å². The first-order valence-corrected chi connectivity index (χ1v) is 9.31. The third kappa shape index (κ3) is 2.63. The SMILES string of the molecule is O=CC12CCCC3CCCC(C(=O)N(OS(=O)(=O)C(F)(F)F)C1)C32. The summed E-state index contributed by atoms with van der Waals surface area (Å²) in [5.74, 6) is -1.49. The number of alkyl halides is 3. The molecule has 3 aliphatic rings. The smallest absolute Gasteiger partial charge is 0.303 e. The summed E-state index contributed by atoms with van der Waals surface area (Å²) in [7, 11) is -5.94. The number of hydrogen-bond donors (Lipinski definition) is 0. The van der Waals surface area contributed by atoms with Crippen molar-refractivity contribution in [3.05, 3.63) is 0 Å². The molecule has 0 aromatic rings. The Kier molecular flexibility index (Phi) is 4.18. The standard InChI is InChI=1S/C14H18F3NO5S/c15-14(16,17)24(21,22)23-18-7-13(8-19)6-2-4-9-3-1-5-10(11(9)13)12(18)20/h8-11H,1-7H2. The van der Waals surface area contributed by atoms with Crippen LogP contribution in [0, 0.1) is 23.2 Å². The van der Waals surface area contributed by atoms with Crippen LogP contribution in [0.2, 0.25) is 0 Å². The highest BCUT2D eigenvalue weighted by Crippen LogP contribution is 2.55. The average molecular weight is 369 g/mol. The lowest BCUT2D eigenvalue weighted by Crippen LogP contribution is -2.62. The van der Waals surface area contributed by atoms with E-state index in [9.17, 15) is 31.2 Å². The molecule has 0 aromatic heterocycles. The van der Waals surface area contributed by atoms with E-state index in [2.05, 4.69) is 4.28 Å². The Morgan fingerprint density at radius 2 is 1.88 bits per heavy atom. The quantitative estimate of drug-likeness (QED) is 0.562. The Hall–Kier alpha value is -1.16. The van der Waals surface area contributed by atoms with Crippen molar-refractivity contribution in [2.75, 3.05) is 6.54 Å². The lowest BCUT2D eigenvalue weighted by Gasteiger charge is -2.55. The van der Waals surface area contributed by atoms with Gasteiger partial charge in [0.05, 0.1) is 6.54 Å². The van der Waals surface area contributed by atoms with E-state index in [0.717, 1.165) is 25.7 Å². The predicted molar refractivity (Wildman–Crippen MR) is 74.4 cm³/mol. The van der Waals surface area contributed by atoms with Crippen LogP contribution in [0.1, 0.15) is 38.5 Å². The Morgan fingerprint density at radius 1 is 1.21 bits per heavy atom. The monoisotopic (exact) mass is 369 g/mol. The fourth-order valence-electron chi connectivity index (χ4n) is 4.73. The van der Waals surface area contributed by atoms with Gasteiger partial charge < -0.3 is 4.79 Å². The van der Waals surface area contributed by atoms with Gasteiger partial charge in [0.1, 0.15) is 6.29 Å². The summed E-state index contributed by atoms with van der Waals surface area (Å²) in [5.41, 5.74) is -6.65. The van der Waals surface area contributed by atoms with Crippen LogP contribution >= 0.6 is 0 Å². The molecule has 1 heterocycles. The lowest BCUT2D eigenvalue weighted by atomic mass is 9.52. The highest BCUT2D eigenvalue weighted by Gasteiger charge is 2.59. The van der Waals surface area contributed by atoms with Crippen molar-refractivity contribution in [1.29, 1.82) is 0 Å². The molecule has 2 aliphatic carbocycles. The van der Waals surface area contributed by atoms with Gasteiger partial charge in [-0.3, -0.25) is 4.79 Å². The molecule has 24 heavy (non-hydrogen) atoms. The summed E-state index contributed by atoms with van der Waals surface area (Å²) in [6, 6.07) is 0. The van der Waals surface area contributed by atoms with Crippen molar-refractivity contribution < 1.29 is 35.5 Å². The van der Waals surface area contributed by atoms with Gasteiger partial charge in [0.25, 0.3) is 5.91 Å². The van der Waals surface area contributed by atoms with E-state index in [-0.39, 0.29) is 16.9 Å². The van der Waals surface area contributed by atoms with E-state index in [1.807, 2.05) is 0 Å². The van der Waals surface area contributed by atoms with Crippen LogP contribution in [-0.4, -0.2) is 37.7 Å². The van der Waals surface area contributed by atoms with Gasteiger partial charge in [0, 0.05) is 11.3 Å². The molecule has 3 fully saturated rings. The summed E-state index contributed by atoms with van der Waals surface area (Å²) in [6.07, 6.45) is 4.75. The molecule has 0 spiro atoms. The molecule has 1 amide bonds. The number of carbonyl (C=O) groups excluding carboxylic acids is 2. The number of nitrogens with zero attached hydrogens (tertiary/aromatic N) is 1. The van der Waals surface area contributed by atoms with Crippen LogP contribution in [-0.2, 0) is 24.0 Å². The van der Waals surface area contributed by atoms with Crippen LogP contribution in [0.5, 0.6) is 0 Å². The van der Waals surface area contributed by atoms with Crippen LogP contribution in [0.15, 0.2) is 0 Å². The van der Waals surface area contributed by atoms with Crippen molar-refractivity contribution in [3.63, 3.8) is 0 Å². The number of rotatable bonds is 3. The molecule has 3 rings (SSSR count). The minimum atomic E-state index is -5.94. The Morgan fingerprint density at radius 3 is 2.50 bits per heavy atom. The molecule has 1 saturated heterocycles. The largest absolute Gasteiger partial charge is 0.525 e. The zero-order chi connectivity index (χ0) is 17.8. The first-order chi connectivity index (χ1) is 11.1. The van der Waals surface area contributed by atoms with Crippen molar-refractivity contribution in [3.8, 4) is 0 Å². The first-order valence-electron chi connectivity index (χ1n) is 7.90. The van der Waals surface area contributed by atoms with E-state index in [1.165, 1.54) is 0 Å². The Labute approximate surface area is 137 Å². The van der Waals surface area contributed by atoms with Crippen molar-refractivity contribution in [2.45, 2.75) is 44.0 Å². The maximum absolute atomic E-state index is 12.6. The molecule has 0 aromatic carbocycles. The van der Waals surface area contributed by atoms with Crippen LogP contribution in [0.3, 0.4) is 0 Å². The van der Waals surface area contributed by atoms with Crippen LogP contribution in [0.25, 0.3) is 0 Å². The van der Waals surface area contributed by atoms with Crippen molar-refractivity contribution in [2.24, 2.45) is 23.2 Å².